The van der Waals surface area contributed by atoms with E-state index < -0.39 is 0 Å². The van der Waals surface area contributed by atoms with Crippen LogP contribution in [0, 0.1) is 5.92 Å². The highest BCUT2D eigenvalue weighted by Gasteiger charge is 2.00. The van der Waals surface area contributed by atoms with Crippen LogP contribution >= 0.6 is 0 Å². The lowest BCUT2D eigenvalue weighted by Gasteiger charge is -2.15. The van der Waals surface area contributed by atoms with E-state index in [1.54, 1.807) is 23.6 Å². The van der Waals surface area contributed by atoms with Crippen molar-refractivity contribution in [3.63, 3.8) is 0 Å². The first-order valence-electron chi connectivity index (χ1n) is 6.48. The Morgan fingerprint density at radius 2 is 2.22 bits per heavy atom. The van der Waals surface area contributed by atoms with Crippen LogP contribution in [0.25, 0.3) is 5.70 Å². The minimum Gasteiger partial charge on any atom is -0.397 e. The van der Waals surface area contributed by atoms with Gasteiger partial charge in [0.05, 0.1) is 5.70 Å². The first kappa shape index (κ1) is 14.5. The molecule has 4 heteroatoms. The monoisotopic (exact) mass is 248 g/mol. The molecule has 1 aromatic rings. The highest BCUT2D eigenvalue weighted by Crippen LogP contribution is 2.08. The van der Waals surface area contributed by atoms with Crippen LogP contribution in [0.15, 0.2) is 30.7 Å². The van der Waals surface area contributed by atoms with E-state index in [9.17, 15) is 0 Å². The minimum atomic E-state index is 0.648. The lowest BCUT2D eigenvalue weighted by atomic mass is 10.1. The van der Waals surface area contributed by atoms with Crippen molar-refractivity contribution in [2.45, 2.75) is 33.1 Å². The quantitative estimate of drug-likeness (QED) is 0.441. The summed E-state index contributed by atoms with van der Waals surface area (Å²) in [6.07, 6.45) is 8.76. The Balaban J connectivity index is 2.36. The molecule has 0 aromatic carbocycles. The summed E-state index contributed by atoms with van der Waals surface area (Å²) in [6.45, 7) is 5.30. The number of rotatable bonds is 7. The van der Waals surface area contributed by atoms with Crippen molar-refractivity contribution in [3.8, 4) is 0 Å². The van der Waals surface area contributed by atoms with Gasteiger partial charge in [0.25, 0.3) is 0 Å². The summed E-state index contributed by atoms with van der Waals surface area (Å²) >= 11 is 0. The highest BCUT2D eigenvalue weighted by atomic mass is 15.4. The first-order valence-corrected chi connectivity index (χ1v) is 6.48. The van der Waals surface area contributed by atoms with E-state index >= 15 is 0 Å². The van der Waals surface area contributed by atoms with Crippen molar-refractivity contribution in [1.29, 1.82) is 0 Å². The van der Waals surface area contributed by atoms with Crippen molar-refractivity contribution < 1.29 is 0 Å². The molecule has 0 radical (unpaired) electrons. The van der Waals surface area contributed by atoms with E-state index in [2.05, 4.69) is 18.8 Å². The summed E-state index contributed by atoms with van der Waals surface area (Å²) in [5, 5.41) is 1.66. The fraction of sp³-hybridized carbons (Fsp3) is 0.500. The van der Waals surface area contributed by atoms with Gasteiger partial charge in [0, 0.05) is 30.7 Å². The van der Waals surface area contributed by atoms with Crippen molar-refractivity contribution in [2.24, 2.45) is 17.5 Å². The van der Waals surface area contributed by atoms with E-state index in [1.165, 1.54) is 12.8 Å². The van der Waals surface area contributed by atoms with Crippen LogP contribution in [0.3, 0.4) is 0 Å². The third kappa shape index (κ3) is 5.68. The topological polar surface area (TPSA) is 68.2 Å². The fourth-order valence-corrected chi connectivity index (χ4v) is 1.70. The van der Waals surface area contributed by atoms with Gasteiger partial charge in [0.15, 0.2) is 0 Å². The maximum absolute atomic E-state index is 5.95. The second-order valence-electron chi connectivity index (χ2n) is 4.95. The third-order valence-electron chi connectivity index (χ3n) is 2.75. The molecule has 0 bridgehead atoms. The van der Waals surface area contributed by atoms with Crippen LogP contribution in [0.4, 0.5) is 0 Å². The molecule has 1 aromatic heterocycles. The van der Waals surface area contributed by atoms with E-state index in [4.69, 9.17) is 11.6 Å². The molecular weight excluding hydrogens is 224 g/mol. The van der Waals surface area contributed by atoms with Crippen LogP contribution in [-0.4, -0.2) is 16.5 Å². The fourth-order valence-electron chi connectivity index (χ4n) is 1.70. The molecule has 0 saturated heterocycles. The Hall–Kier alpha value is -1.55. The number of aromatic nitrogens is 1. The SMILES string of the molecule is CC(C)CCCCN(N)/C=C(\N)c1cccnc1. The van der Waals surface area contributed by atoms with Crippen molar-refractivity contribution in [3.05, 3.63) is 36.3 Å². The lowest BCUT2D eigenvalue weighted by Crippen LogP contribution is -2.27. The van der Waals surface area contributed by atoms with Gasteiger partial charge in [-0.1, -0.05) is 26.7 Å². The van der Waals surface area contributed by atoms with Crippen LogP contribution in [0.5, 0.6) is 0 Å². The zero-order valence-electron chi connectivity index (χ0n) is 11.3. The van der Waals surface area contributed by atoms with Crippen molar-refractivity contribution >= 4 is 5.70 Å². The standard InChI is InChI=1S/C14H24N4/c1-12(2)6-3-4-9-18(16)11-14(15)13-7-5-8-17-10-13/h5,7-8,10-12H,3-4,6,9,15-16H2,1-2H3/b14-11-. The zero-order chi connectivity index (χ0) is 13.4. The number of pyridine rings is 1. The second-order valence-corrected chi connectivity index (χ2v) is 4.95. The van der Waals surface area contributed by atoms with Crippen LogP contribution in [0.1, 0.15) is 38.7 Å². The Morgan fingerprint density at radius 1 is 1.44 bits per heavy atom. The van der Waals surface area contributed by atoms with Gasteiger partial charge in [-0.3, -0.25) is 4.98 Å². The number of hydrazine groups is 1. The van der Waals surface area contributed by atoms with Gasteiger partial charge >= 0.3 is 0 Å². The molecule has 4 N–H and O–H groups in total. The van der Waals surface area contributed by atoms with Gasteiger partial charge < -0.3 is 10.7 Å². The molecular formula is C14H24N4. The van der Waals surface area contributed by atoms with E-state index in [1.807, 2.05) is 12.1 Å². The average molecular weight is 248 g/mol. The van der Waals surface area contributed by atoms with Gasteiger partial charge in [-0.05, 0) is 24.5 Å². The Morgan fingerprint density at radius 3 is 2.83 bits per heavy atom. The van der Waals surface area contributed by atoms with E-state index in [0.29, 0.717) is 5.70 Å². The number of hydrogen-bond donors (Lipinski definition) is 2. The highest BCUT2D eigenvalue weighted by molar-refractivity contribution is 5.60. The molecule has 4 nitrogen and oxygen atoms in total. The number of nitrogens with zero attached hydrogens (tertiary/aromatic N) is 2. The Kier molecular flexibility index (Phi) is 6.22. The van der Waals surface area contributed by atoms with E-state index in [0.717, 1.165) is 24.4 Å². The molecule has 0 atom stereocenters. The molecule has 0 aliphatic rings. The normalized spacial score (nSPS) is 11.9. The maximum Gasteiger partial charge on any atom is 0.0579 e. The van der Waals surface area contributed by atoms with Gasteiger partial charge in [0.2, 0.25) is 0 Å². The molecule has 0 amide bonds. The summed E-state index contributed by atoms with van der Waals surface area (Å²) in [4.78, 5) is 4.03. The van der Waals surface area contributed by atoms with Crippen LogP contribution < -0.4 is 11.6 Å². The Bertz CT molecular complexity index is 359. The van der Waals surface area contributed by atoms with Gasteiger partial charge in [-0.25, -0.2) is 5.84 Å². The summed E-state index contributed by atoms with van der Waals surface area (Å²) in [7, 11) is 0. The molecule has 0 fully saturated rings. The first-order chi connectivity index (χ1) is 8.59. The minimum absolute atomic E-state index is 0.648. The maximum atomic E-state index is 5.95. The molecule has 1 rings (SSSR count). The van der Waals surface area contributed by atoms with Crippen molar-refractivity contribution in [1.82, 2.24) is 9.99 Å². The summed E-state index contributed by atoms with van der Waals surface area (Å²) in [6, 6.07) is 3.78. The number of nitrogens with two attached hydrogens (primary N) is 2. The average Bonchev–Trinajstić information content (AvgIpc) is 2.35. The molecule has 0 saturated carbocycles. The second kappa shape index (κ2) is 7.71. The van der Waals surface area contributed by atoms with Crippen LogP contribution in [0.2, 0.25) is 0 Å². The lowest BCUT2D eigenvalue weighted by molar-refractivity contribution is 0.372. The van der Waals surface area contributed by atoms with Crippen LogP contribution in [-0.2, 0) is 0 Å². The van der Waals surface area contributed by atoms with Crippen molar-refractivity contribution in [2.75, 3.05) is 6.54 Å². The third-order valence-corrected chi connectivity index (χ3v) is 2.75. The number of hydrogen-bond acceptors (Lipinski definition) is 4. The summed E-state index contributed by atoms with van der Waals surface area (Å²) < 4.78 is 0. The largest absolute Gasteiger partial charge is 0.397 e. The van der Waals surface area contributed by atoms with Gasteiger partial charge in [0.1, 0.15) is 0 Å². The Labute approximate surface area is 110 Å². The molecule has 18 heavy (non-hydrogen) atoms. The summed E-state index contributed by atoms with van der Waals surface area (Å²) in [5.74, 6) is 6.64. The molecule has 100 valence electrons. The van der Waals surface area contributed by atoms with Gasteiger partial charge in [-0.2, -0.15) is 0 Å². The molecule has 0 aliphatic carbocycles. The predicted octanol–water partition coefficient (Wildman–Crippen LogP) is 2.34. The summed E-state index contributed by atoms with van der Waals surface area (Å²) in [5.41, 5.74) is 7.49. The number of unbranched alkanes of at least 4 members (excludes halogenated alkanes) is 1. The van der Waals surface area contributed by atoms with Gasteiger partial charge in [-0.15, -0.1) is 0 Å². The molecule has 1 heterocycles. The van der Waals surface area contributed by atoms with E-state index in [-0.39, 0.29) is 0 Å². The smallest absolute Gasteiger partial charge is 0.0579 e. The molecule has 0 aliphatic heterocycles. The molecule has 0 unspecified atom stereocenters. The zero-order valence-corrected chi connectivity index (χ0v) is 11.3. The predicted molar refractivity (Wildman–Crippen MR) is 76.0 cm³/mol. The molecule has 0 spiro atoms.